The van der Waals surface area contributed by atoms with Crippen molar-refractivity contribution in [3.63, 3.8) is 0 Å². The molecule has 20 heavy (non-hydrogen) atoms. The number of carbonyl (C=O) groups excluding carboxylic acids is 1. The molecule has 4 heteroatoms. The summed E-state index contributed by atoms with van der Waals surface area (Å²) in [5.74, 6) is -0.319. The van der Waals surface area contributed by atoms with Crippen molar-refractivity contribution in [3.8, 4) is 0 Å². The van der Waals surface area contributed by atoms with Gasteiger partial charge >= 0.3 is 5.97 Å². The molecule has 0 aliphatic rings. The third kappa shape index (κ3) is 2.75. The van der Waals surface area contributed by atoms with E-state index in [1.165, 1.54) is 7.11 Å². The van der Waals surface area contributed by atoms with Gasteiger partial charge in [0.05, 0.1) is 18.2 Å². The first-order chi connectivity index (χ1) is 9.54. The highest BCUT2D eigenvalue weighted by Crippen LogP contribution is 2.25. The maximum atomic E-state index is 11.9. The van der Waals surface area contributed by atoms with Gasteiger partial charge in [-0.15, -0.1) is 0 Å². The summed E-state index contributed by atoms with van der Waals surface area (Å²) in [7, 11) is 5.46. The highest BCUT2D eigenvalue weighted by molar-refractivity contribution is 6.05. The number of para-hydroxylation sites is 1. The predicted octanol–water partition coefficient (Wildman–Crippen LogP) is 2.85. The lowest BCUT2D eigenvalue weighted by Crippen LogP contribution is -2.14. The Morgan fingerprint density at radius 1 is 1.35 bits per heavy atom. The van der Waals surface area contributed by atoms with Gasteiger partial charge in [-0.05, 0) is 20.2 Å². The van der Waals surface area contributed by atoms with Crippen LogP contribution < -0.4 is 0 Å². The monoisotopic (exact) mass is 272 g/mol. The van der Waals surface area contributed by atoms with Crippen molar-refractivity contribution in [2.75, 3.05) is 27.7 Å². The molecule has 0 amide bonds. The van der Waals surface area contributed by atoms with Gasteiger partial charge in [0.15, 0.2) is 0 Å². The molecule has 0 fully saturated rings. The number of benzene rings is 1. The zero-order chi connectivity index (χ0) is 14.7. The lowest BCUT2D eigenvalue weighted by molar-refractivity contribution is 0.0603. The van der Waals surface area contributed by atoms with Crippen LogP contribution in [0.1, 0.15) is 16.8 Å². The van der Waals surface area contributed by atoms with Gasteiger partial charge in [0, 0.05) is 30.2 Å². The second-order valence-corrected chi connectivity index (χ2v) is 5.04. The number of aromatic nitrogens is 1. The van der Waals surface area contributed by atoms with Crippen LogP contribution in [0.15, 0.2) is 37.0 Å². The molecule has 0 radical (unpaired) electrons. The number of carbonyl (C=O) groups is 1. The largest absolute Gasteiger partial charge is 0.465 e. The van der Waals surface area contributed by atoms with Crippen molar-refractivity contribution in [1.29, 1.82) is 0 Å². The molecule has 0 saturated carbocycles. The Kier molecular flexibility index (Phi) is 4.25. The van der Waals surface area contributed by atoms with Gasteiger partial charge < -0.3 is 14.2 Å². The molecule has 0 unspecified atom stereocenters. The van der Waals surface area contributed by atoms with Crippen molar-refractivity contribution >= 4 is 22.6 Å². The first kappa shape index (κ1) is 14.3. The van der Waals surface area contributed by atoms with E-state index in [1.54, 1.807) is 0 Å². The minimum absolute atomic E-state index is 0.319. The number of fused-ring (bicyclic) bond motifs is 1. The van der Waals surface area contributed by atoms with E-state index in [4.69, 9.17) is 4.74 Å². The summed E-state index contributed by atoms with van der Waals surface area (Å²) in [4.78, 5) is 14.0. The molecule has 0 atom stereocenters. The number of hydrogen-bond acceptors (Lipinski definition) is 3. The fourth-order valence-electron chi connectivity index (χ4n) is 2.19. The Bertz CT molecular complexity index is 641. The summed E-state index contributed by atoms with van der Waals surface area (Å²) in [5.41, 5.74) is 2.52. The van der Waals surface area contributed by atoms with E-state index in [-0.39, 0.29) is 5.97 Å². The Hall–Kier alpha value is -2.07. The number of nitrogens with zero attached hydrogens (tertiary/aromatic N) is 2. The molecule has 0 aliphatic carbocycles. The smallest absolute Gasteiger partial charge is 0.340 e. The van der Waals surface area contributed by atoms with E-state index in [0.717, 1.165) is 29.6 Å². The van der Waals surface area contributed by atoms with E-state index < -0.39 is 0 Å². The first-order valence-corrected chi connectivity index (χ1v) is 6.56. The average Bonchev–Trinajstić information content (AvgIpc) is 2.83. The Morgan fingerprint density at radius 3 is 2.70 bits per heavy atom. The zero-order valence-corrected chi connectivity index (χ0v) is 12.2. The topological polar surface area (TPSA) is 34.5 Å². The molecule has 0 N–H and O–H groups in total. The number of methoxy groups -OCH3 is 1. The minimum Gasteiger partial charge on any atom is -0.465 e. The maximum Gasteiger partial charge on any atom is 0.340 e. The second kappa shape index (κ2) is 5.92. The van der Waals surface area contributed by atoms with E-state index >= 15 is 0 Å². The van der Waals surface area contributed by atoms with Crippen molar-refractivity contribution in [2.24, 2.45) is 0 Å². The quantitative estimate of drug-likeness (QED) is 0.785. The molecule has 1 aromatic carbocycles. The van der Waals surface area contributed by atoms with Gasteiger partial charge in [-0.1, -0.05) is 24.8 Å². The Labute approximate surface area is 119 Å². The molecule has 2 rings (SSSR count). The number of esters is 1. The third-order valence-electron chi connectivity index (χ3n) is 3.31. The molecule has 106 valence electrons. The summed E-state index contributed by atoms with van der Waals surface area (Å²) in [6.07, 6.45) is 2.65. The summed E-state index contributed by atoms with van der Waals surface area (Å²) in [5, 5.41) is 0.894. The van der Waals surface area contributed by atoms with Gasteiger partial charge in [-0.3, -0.25) is 0 Å². The molecule has 2 aromatic rings. The summed E-state index contributed by atoms with van der Waals surface area (Å²) in [6.45, 7) is 5.05. The van der Waals surface area contributed by atoms with E-state index in [0.29, 0.717) is 5.56 Å². The normalized spacial score (nSPS) is 11.0. The average molecular weight is 272 g/mol. The third-order valence-corrected chi connectivity index (χ3v) is 3.31. The van der Waals surface area contributed by atoms with Crippen LogP contribution in [-0.2, 0) is 4.74 Å². The van der Waals surface area contributed by atoms with Crippen molar-refractivity contribution in [3.05, 3.63) is 42.6 Å². The number of ether oxygens (including phenoxy) is 1. The maximum absolute atomic E-state index is 11.9. The number of rotatable bonds is 5. The second-order valence-electron chi connectivity index (χ2n) is 5.04. The van der Waals surface area contributed by atoms with Crippen LogP contribution in [0.2, 0.25) is 0 Å². The molecule has 0 aliphatic heterocycles. The Balaban J connectivity index is 2.43. The van der Waals surface area contributed by atoms with Crippen LogP contribution >= 0.6 is 0 Å². The van der Waals surface area contributed by atoms with Crippen LogP contribution in [0.5, 0.6) is 0 Å². The minimum atomic E-state index is -0.319. The fraction of sp³-hybridized carbons (Fsp3) is 0.312. The van der Waals surface area contributed by atoms with Crippen molar-refractivity contribution in [1.82, 2.24) is 9.47 Å². The number of hydrogen-bond donors (Lipinski definition) is 0. The summed E-state index contributed by atoms with van der Waals surface area (Å²) in [6, 6.07) is 7.79. The van der Waals surface area contributed by atoms with Gasteiger partial charge in [-0.25, -0.2) is 4.79 Å². The predicted molar refractivity (Wildman–Crippen MR) is 81.8 cm³/mol. The molecular weight excluding hydrogens is 252 g/mol. The SMILES string of the molecule is C=C(CCN(C)C)n1cc(C(=O)OC)c2ccccc21. The van der Waals surface area contributed by atoms with Crippen LogP contribution in [0, 0.1) is 0 Å². The highest BCUT2D eigenvalue weighted by atomic mass is 16.5. The van der Waals surface area contributed by atoms with Crippen LogP contribution in [0.4, 0.5) is 0 Å². The van der Waals surface area contributed by atoms with E-state index in [9.17, 15) is 4.79 Å². The van der Waals surface area contributed by atoms with Gasteiger partial charge in [0.2, 0.25) is 0 Å². The molecule has 0 bridgehead atoms. The van der Waals surface area contributed by atoms with Crippen LogP contribution in [0.25, 0.3) is 16.6 Å². The molecule has 4 nitrogen and oxygen atoms in total. The van der Waals surface area contributed by atoms with Crippen LogP contribution in [-0.4, -0.2) is 43.2 Å². The van der Waals surface area contributed by atoms with Gasteiger partial charge in [0.25, 0.3) is 0 Å². The van der Waals surface area contributed by atoms with E-state index in [1.807, 2.05) is 49.1 Å². The fourth-order valence-corrected chi connectivity index (χ4v) is 2.19. The first-order valence-electron chi connectivity index (χ1n) is 6.56. The standard InChI is InChI=1S/C16H20N2O2/c1-12(9-10-17(2)3)18-11-14(16(19)20-4)13-7-5-6-8-15(13)18/h5-8,11H,1,9-10H2,2-4H3. The summed E-state index contributed by atoms with van der Waals surface area (Å²) < 4.78 is 6.82. The lowest BCUT2D eigenvalue weighted by atomic mass is 10.2. The molecule has 1 heterocycles. The Morgan fingerprint density at radius 2 is 2.05 bits per heavy atom. The van der Waals surface area contributed by atoms with Crippen molar-refractivity contribution in [2.45, 2.75) is 6.42 Å². The van der Waals surface area contributed by atoms with Gasteiger partial charge in [-0.2, -0.15) is 0 Å². The summed E-state index contributed by atoms with van der Waals surface area (Å²) >= 11 is 0. The van der Waals surface area contributed by atoms with Crippen molar-refractivity contribution < 1.29 is 9.53 Å². The lowest BCUT2D eigenvalue weighted by Gasteiger charge is -2.13. The highest BCUT2D eigenvalue weighted by Gasteiger charge is 2.16. The van der Waals surface area contributed by atoms with Gasteiger partial charge in [0.1, 0.15) is 0 Å². The molecule has 0 spiro atoms. The van der Waals surface area contributed by atoms with E-state index in [2.05, 4.69) is 11.5 Å². The molecular formula is C16H20N2O2. The zero-order valence-electron chi connectivity index (χ0n) is 12.2. The van der Waals surface area contributed by atoms with Crippen LogP contribution in [0.3, 0.4) is 0 Å². The molecule has 0 saturated heterocycles. The molecule has 1 aromatic heterocycles.